The SMILES string of the molecule is O=C(NC[C@@H](c1ccccc1)C1CCCC1)N1CCS(=O)(=O)CC1. The van der Waals surface area contributed by atoms with Crippen LogP contribution in [0, 0.1) is 5.92 Å². The maximum atomic E-state index is 12.4. The molecule has 6 heteroatoms. The Hall–Kier alpha value is -1.56. The first-order valence-electron chi connectivity index (χ1n) is 8.83. The molecule has 1 aliphatic heterocycles. The Bertz CT molecular complexity index is 640. The highest BCUT2D eigenvalue weighted by atomic mass is 32.2. The molecule has 132 valence electrons. The average molecular weight is 350 g/mol. The Balaban J connectivity index is 1.60. The van der Waals surface area contributed by atoms with E-state index in [-0.39, 0.29) is 17.5 Å². The van der Waals surface area contributed by atoms with Crippen LogP contribution in [0.2, 0.25) is 0 Å². The predicted molar refractivity (Wildman–Crippen MR) is 94.8 cm³/mol. The molecule has 0 bridgehead atoms. The minimum Gasteiger partial charge on any atom is -0.337 e. The van der Waals surface area contributed by atoms with Gasteiger partial charge >= 0.3 is 6.03 Å². The second kappa shape index (κ2) is 7.55. The van der Waals surface area contributed by atoms with E-state index in [0.29, 0.717) is 31.5 Å². The first-order chi connectivity index (χ1) is 11.6. The normalized spacial score (nSPS) is 22.2. The van der Waals surface area contributed by atoms with Gasteiger partial charge in [-0.25, -0.2) is 13.2 Å². The van der Waals surface area contributed by atoms with Crippen LogP contribution in [-0.4, -0.2) is 50.5 Å². The first kappa shape index (κ1) is 17.3. The third-order valence-corrected chi connectivity index (χ3v) is 6.91. The zero-order chi connectivity index (χ0) is 17.0. The lowest BCUT2D eigenvalue weighted by Gasteiger charge is -2.29. The molecule has 1 saturated heterocycles. The van der Waals surface area contributed by atoms with Gasteiger partial charge in [-0.15, -0.1) is 0 Å². The number of urea groups is 1. The molecule has 1 atom stereocenters. The summed E-state index contributed by atoms with van der Waals surface area (Å²) in [6, 6.07) is 10.3. The highest BCUT2D eigenvalue weighted by Gasteiger charge is 2.29. The number of benzene rings is 1. The molecule has 1 aliphatic carbocycles. The molecule has 2 fully saturated rings. The van der Waals surface area contributed by atoms with E-state index in [9.17, 15) is 13.2 Å². The lowest BCUT2D eigenvalue weighted by molar-refractivity contribution is 0.200. The molecule has 2 amide bonds. The Kier molecular flexibility index (Phi) is 5.43. The molecule has 0 spiro atoms. The molecule has 3 rings (SSSR count). The van der Waals surface area contributed by atoms with Gasteiger partial charge in [0, 0.05) is 25.6 Å². The largest absolute Gasteiger partial charge is 0.337 e. The highest BCUT2D eigenvalue weighted by molar-refractivity contribution is 7.91. The first-order valence-corrected chi connectivity index (χ1v) is 10.7. The maximum Gasteiger partial charge on any atom is 0.317 e. The number of hydrogen-bond donors (Lipinski definition) is 1. The van der Waals surface area contributed by atoms with Crippen molar-refractivity contribution in [2.75, 3.05) is 31.1 Å². The Morgan fingerprint density at radius 3 is 2.38 bits per heavy atom. The molecule has 1 heterocycles. The van der Waals surface area contributed by atoms with E-state index < -0.39 is 9.84 Å². The summed E-state index contributed by atoms with van der Waals surface area (Å²) in [7, 11) is -2.96. The molecule has 2 aliphatic rings. The van der Waals surface area contributed by atoms with E-state index in [1.807, 2.05) is 6.07 Å². The fourth-order valence-corrected chi connectivity index (χ4v) is 5.04. The van der Waals surface area contributed by atoms with Gasteiger partial charge in [0.25, 0.3) is 0 Å². The Morgan fingerprint density at radius 2 is 1.75 bits per heavy atom. The van der Waals surface area contributed by atoms with Gasteiger partial charge in [-0.05, 0) is 24.3 Å². The van der Waals surface area contributed by atoms with Crippen LogP contribution < -0.4 is 5.32 Å². The zero-order valence-corrected chi connectivity index (χ0v) is 14.8. The van der Waals surface area contributed by atoms with Crippen molar-refractivity contribution in [1.82, 2.24) is 10.2 Å². The number of amides is 2. The predicted octanol–water partition coefficient (Wildman–Crippen LogP) is 2.40. The topological polar surface area (TPSA) is 66.5 Å². The summed E-state index contributed by atoms with van der Waals surface area (Å²) >= 11 is 0. The molecule has 5 nitrogen and oxygen atoms in total. The summed E-state index contributed by atoms with van der Waals surface area (Å²) in [5.74, 6) is 1.11. The van der Waals surface area contributed by atoms with Crippen molar-refractivity contribution in [2.24, 2.45) is 5.92 Å². The Labute approximate surface area is 144 Å². The summed E-state index contributed by atoms with van der Waals surface area (Å²) in [5, 5.41) is 3.05. The maximum absolute atomic E-state index is 12.4. The van der Waals surface area contributed by atoms with Gasteiger partial charge in [-0.2, -0.15) is 0 Å². The van der Waals surface area contributed by atoms with E-state index in [2.05, 4.69) is 29.6 Å². The third kappa shape index (κ3) is 4.29. The fraction of sp³-hybridized carbons (Fsp3) is 0.611. The standard InChI is InChI=1S/C18H26N2O3S/c21-18(20-10-12-24(22,23)13-11-20)19-14-17(16-8-4-5-9-16)15-6-2-1-3-7-15/h1-3,6-7,16-17H,4-5,8-14H2,(H,19,21)/t17-/m0/s1. The Morgan fingerprint density at radius 1 is 1.12 bits per heavy atom. The summed E-state index contributed by atoms with van der Waals surface area (Å²) < 4.78 is 23.0. The van der Waals surface area contributed by atoms with Crippen molar-refractivity contribution in [3.8, 4) is 0 Å². The number of rotatable bonds is 4. The average Bonchev–Trinajstić information content (AvgIpc) is 3.10. The van der Waals surface area contributed by atoms with E-state index in [1.54, 1.807) is 4.90 Å². The van der Waals surface area contributed by atoms with Crippen LogP contribution in [0.4, 0.5) is 4.79 Å². The van der Waals surface area contributed by atoms with Crippen molar-refractivity contribution in [3.63, 3.8) is 0 Å². The van der Waals surface area contributed by atoms with Crippen LogP contribution in [0.15, 0.2) is 30.3 Å². The highest BCUT2D eigenvalue weighted by Crippen LogP contribution is 2.36. The summed E-state index contributed by atoms with van der Waals surface area (Å²) in [5.41, 5.74) is 1.28. The summed E-state index contributed by atoms with van der Waals surface area (Å²) in [6.07, 6.45) is 4.98. The number of sulfone groups is 1. The van der Waals surface area contributed by atoms with Gasteiger partial charge in [0.2, 0.25) is 0 Å². The van der Waals surface area contributed by atoms with Crippen LogP contribution in [0.5, 0.6) is 0 Å². The molecule has 0 aromatic heterocycles. The minimum absolute atomic E-state index is 0.0746. The number of nitrogens with one attached hydrogen (secondary N) is 1. The molecular formula is C18H26N2O3S. The van der Waals surface area contributed by atoms with Crippen LogP contribution >= 0.6 is 0 Å². The van der Waals surface area contributed by atoms with Crippen LogP contribution in [-0.2, 0) is 9.84 Å². The summed E-state index contributed by atoms with van der Waals surface area (Å²) in [4.78, 5) is 14.0. The second-order valence-corrected chi connectivity index (χ2v) is 9.19. The van der Waals surface area contributed by atoms with Crippen molar-refractivity contribution >= 4 is 15.9 Å². The monoisotopic (exact) mass is 350 g/mol. The molecular weight excluding hydrogens is 324 g/mol. The van der Waals surface area contributed by atoms with Gasteiger partial charge in [0.05, 0.1) is 11.5 Å². The molecule has 1 saturated carbocycles. The summed E-state index contributed by atoms with van der Waals surface area (Å²) in [6.45, 7) is 1.22. The molecule has 1 N–H and O–H groups in total. The zero-order valence-electron chi connectivity index (χ0n) is 14.0. The number of nitrogens with zero attached hydrogens (tertiary/aromatic N) is 1. The number of hydrogen-bond acceptors (Lipinski definition) is 3. The fourth-order valence-electron chi connectivity index (χ4n) is 3.84. The van der Waals surface area contributed by atoms with E-state index in [0.717, 1.165) is 0 Å². The minimum atomic E-state index is -2.96. The van der Waals surface area contributed by atoms with Gasteiger partial charge in [0.1, 0.15) is 0 Å². The number of carbonyl (C=O) groups excluding carboxylic acids is 1. The van der Waals surface area contributed by atoms with Crippen LogP contribution in [0.25, 0.3) is 0 Å². The van der Waals surface area contributed by atoms with Crippen molar-refractivity contribution in [3.05, 3.63) is 35.9 Å². The molecule has 0 radical (unpaired) electrons. The van der Waals surface area contributed by atoms with Crippen molar-refractivity contribution < 1.29 is 13.2 Å². The van der Waals surface area contributed by atoms with Gasteiger partial charge in [-0.1, -0.05) is 43.2 Å². The smallest absolute Gasteiger partial charge is 0.317 e. The van der Waals surface area contributed by atoms with Gasteiger partial charge in [-0.3, -0.25) is 0 Å². The molecule has 24 heavy (non-hydrogen) atoms. The van der Waals surface area contributed by atoms with E-state index in [4.69, 9.17) is 0 Å². The lowest BCUT2D eigenvalue weighted by Crippen LogP contribution is -2.49. The lowest BCUT2D eigenvalue weighted by atomic mass is 9.85. The second-order valence-electron chi connectivity index (χ2n) is 6.89. The van der Waals surface area contributed by atoms with Crippen molar-refractivity contribution in [1.29, 1.82) is 0 Å². The van der Waals surface area contributed by atoms with Gasteiger partial charge < -0.3 is 10.2 Å². The molecule has 0 unspecified atom stereocenters. The van der Waals surface area contributed by atoms with Crippen LogP contribution in [0.3, 0.4) is 0 Å². The molecule has 1 aromatic carbocycles. The van der Waals surface area contributed by atoms with E-state index in [1.165, 1.54) is 31.2 Å². The van der Waals surface area contributed by atoms with Gasteiger partial charge in [0.15, 0.2) is 9.84 Å². The van der Waals surface area contributed by atoms with E-state index >= 15 is 0 Å². The third-order valence-electron chi connectivity index (χ3n) is 5.30. The molecule has 1 aromatic rings. The van der Waals surface area contributed by atoms with Crippen molar-refractivity contribution in [2.45, 2.75) is 31.6 Å². The quantitative estimate of drug-likeness (QED) is 0.907. The number of carbonyl (C=O) groups is 1. The van der Waals surface area contributed by atoms with Crippen LogP contribution in [0.1, 0.15) is 37.2 Å².